The van der Waals surface area contributed by atoms with Crippen LogP contribution in [0.15, 0.2) is 47.4 Å². The molecule has 0 N–H and O–H groups in total. The van der Waals surface area contributed by atoms with Gasteiger partial charge in [0.15, 0.2) is 0 Å². The molecule has 2 aromatic rings. The third-order valence-corrected chi connectivity index (χ3v) is 6.31. The summed E-state index contributed by atoms with van der Waals surface area (Å²) in [6.07, 6.45) is -0.880. The molecule has 0 bridgehead atoms. The van der Waals surface area contributed by atoms with Gasteiger partial charge in [0.1, 0.15) is 30.4 Å². The van der Waals surface area contributed by atoms with Gasteiger partial charge in [-0.3, -0.25) is 8.98 Å². The van der Waals surface area contributed by atoms with Crippen molar-refractivity contribution in [2.24, 2.45) is 5.41 Å². The zero-order valence-electron chi connectivity index (χ0n) is 18.1. The molecule has 2 unspecified atom stereocenters. The fourth-order valence-electron chi connectivity index (χ4n) is 3.13. The lowest BCUT2D eigenvalue weighted by atomic mass is 9.97. The molecule has 31 heavy (non-hydrogen) atoms. The number of aryl methyl sites for hydroxylation is 2. The summed E-state index contributed by atoms with van der Waals surface area (Å²) in [5.74, 6) is -0.386. The molecule has 168 valence electrons. The fraction of sp³-hybridized carbons (Fsp3) is 0.435. The summed E-state index contributed by atoms with van der Waals surface area (Å²) in [5, 5.41) is 0. The maximum atomic E-state index is 13.5. The molecule has 2 aromatic carbocycles. The van der Waals surface area contributed by atoms with Gasteiger partial charge in [-0.2, -0.15) is 8.42 Å². The van der Waals surface area contributed by atoms with Crippen LogP contribution in [-0.2, 0) is 30.3 Å². The highest BCUT2D eigenvalue weighted by molar-refractivity contribution is 7.86. The van der Waals surface area contributed by atoms with Crippen LogP contribution >= 0.6 is 0 Å². The van der Waals surface area contributed by atoms with Gasteiger partial charge in [0, 0.05) is 0 Å². The summed E-state index contributed by atoms with van der Waals surface area (Å²) in [7, 11) is -4.12. The third-order valence-electron chi connectivity index (χ3n) is 4.96. The Bertz CT molecular complexity index is 1040. The van der Waals surface area contributed by atoms with Crippen molar-refractivity contribution in [3.05, 3.63) is 59.4 Å². The molecule has 8 heteroatoms. The first kappa shape index (κ1) is 23.2. The molecule has 1 heterocycles. The summed E-state index contributed by atoms with van der Waals surface area (Å²) in [6, 6.07) is 10.4. The zero-order valence-corrected chi connectivity index (χ0v) is 18.9. The van der Waals surface area contributed by atoms with E-state index in [2.05, 4.69) is 0 Å². The van der Waals surface area contributed by atoms with Gasteiger partial charge in [-0.1, -0.05) is 17.7 Å². The van der Waals surface area contributed by atoms with Gasteiger partial charge < -0.3 is 9.47 Å². The fourth-order valence-corrected chi connectivity index (χ4v) is 4.22. The molecule has 0 spiro atoms. The highest BCUT2D eigenvalue weighted by atomic mass is 32.2. The quantitative estimate of drug-likeness (QED) is 0.485. The van der Waals surface area contributed by atoms with E-state index in [-0.39, 0.29) is 17.3 Å². The van der Waals surface area contributed by atoms with Crippen LogP contribution in [0.25, 0.3) is 0 Å². The molecule has 1 aliphatic rings. The van der Waals surface area contributed by atoms with Crippen molar-refractivity contribution in [1.29, 1.82) is 0 Å². The van der Waals surface area contributed by atoms with Crippen LogP contribution < -0.4 is 4.74 Å². The Hall–Kier alpha value is -2.45. The first-order chi connectivity index (χ1) is 14.5. The monoisotopic (exact) mass is 450 g/mol. The molecule has 0 radical (unpaired) electrons. The van der Waals surface area contributed by atoms with Gasteiger partial charge in [0.25, 0.3) is 10.1 Å². The number of esters is 1. The topological polar surface area (TPSA) is 78.9 Å². The van der Waals surface area contributed by atoms with Crippen LogP contribution in [0, 0.1) is 18.2 Å². The molecule has 0 saturated heterocycles. The van der Waals surface area contributed by atoms with E-state index in [9.17, 15) is 17.6 Å². The van der Waals surface area contributed by atoms with E-state index < -0.39 is 33.7 Å². The number of halogens is 1. The lowest BCUT2D eigenvalue weighted by Gasteiger charge is -2.32. The third kappa shape index (κ3) is 5.83. The van der Waals surface area contributed by atoms with Crippen molar-refractivity contribution in [2.75, 3.05) is 6.61 Å². The van der Waals surface area contributed by atoms with E-state index in [1.54, 1.807) is 32.9 Å². The molecule has 0 fully saturated rings. The average Bonchev–Trinajstić information content (AvgIpc) is 2.70. The largest absolute Gasteiger partial charge is 0.487 e. The van der Waals surface area contributed by atoms with Crippen molar-refractivity contribution in [2.45, 2.75) is 57.6 Å². The van der Waals surface area contributed by atoms with Crippen LogP contribution in [-0.4, -0.2) is 33.2 Å². The van der Waals surface area contributed by atoms with Gasteiger partial charge in [-0.05, 0) is 76.4 Å². The molecule has 3 rings (SSSR count). The second kappa shape index (κ2) is 8.96. The number of carbonyl (C=O) groups is 1. The van der Waals surface area contributed by atoms with E-state index in [1.165, 1.54) is 30.3 Å². The summed E-state index contributed by atoms with van der Waals surface area (Å²) in [4.78, 5) is 12.3. The van der Waals surface area contributed by atoms with Crippen molar-refractivity contribution < 1.29 is 31.3 Å². The second-order valence-electron chi connectivity index (χ2n) is 8.70. The Balaban J connectivity index is 1.83. The molecule has 0 aliphatic carbocycles. The van der Waals surface area contributed by atoms with E-state index in [0.717, 1.165) is 5.56 Å². The number of ether oxygens (including phenoxy) is 2. The number of hydrogen-bond donors (Lipinski definition) is 0. The molecule has 0 aromatic heterocycles. The molecule has 6 nitrogen and oxygen atoms in total. The van der Waals surface area contributed by atoms with Crippen LogP contribution in [0.3, 0.4) is 0 Å². The van der Waals surface area contributed by atoms with Gasteiger partial charge in [0.2, 0.25) is 0 Å². The van der Waals surface area contributed by atoms with Gasteiger partial charge in [-0.15, -0.1) is 0 Å². The molecular weight excluding hydrogens is 423 g/mol. The molecule has 2 atom stereocenters. The Morgan fingerprint density at radius 2 is 1.87 bits per heavy atom. The molecule has 0 saturated carbocycles. The highest BCUT2D eigenvalue weighted by Gasteiger charge is 2.35. The van der Waals surface area contributed by atoms with Crippen molar-refractivity contribution >= 4 is 16.1 Å². The number of fused-ring (bicyclic) bond motifs is 1. The smallest absolute Gasteiger partial charge is 0.311 e. The molecule has 1 aliphatic heterocycles. The summed E-state index contributed by atoms with van der Waals surface area (Å²) in [5.41, 5.74) is 0.856. The minimum absolute atomic E-state index is 0.00327. The van der Waals surface area contributed by atoms with Crippen LogP contribution in [0.1, 0.15) is 38.3 Å². The Morgan fingerprint density at radius 1 is 1.19 bits per heavy atom. The summed E-state index contributed by atoms with van der Waals surface area (Å²) < 4.78 is 56.0. The van der Waals surface area contributed by atoms with Crippen LogP contribution in [0.4, 0.5) is 4.39 Å². The van der Waals surface area contributed by atoms with Crippen LogP contribution in [0.2, 0.25) is 0 Å². The van der Waals surface area contributed by atoms with E-state index in [4.69, 9.17) is 13.7 Å². The lowest BCUT2D eigenvalue weighted by Crippen LogP contribution is -2.42. The minimum Gasteiger partial charge on any atom is -0.487 e. The number of carbonyl (C=O) groups excluding carboxylic acids is 1. The van der Waals surface area contributed by atoms with Crippen molar-refractivity contribution in [1.82, 2.24) is 0 Å². The van der Waals surface area contributed by atoms with Crippen LogP contribution in [0.5, 0.6) is 5.75 Å². The Morgan fingerprint density at radius 3 is 2.52 bits per heavy atom. The number of hydrogen-bond acceptors (Lipinski definition) is 6. The van der Waals surface area contributed by atoms with Crippen molar-refractivity contribution in [3.8, 4) is 5.75 Å². The second-order valence-corrected chi connectivity index (χ2v) is 10.3. The first-order valence-electron chi connectivity index (χ1n) is 10.1. The summed E-state index contributed by atoms with van der Waals surface area (Å²) >= 11 is 0. The number of benzene rings is 2. The first-order valence-corrected chi connectivity index (χ1v) is 11.5. The SMILES string of the molecule is Cc1ccc(S(=O)(=O)OC(COC(=O)C(C)(C)C)C2CCc3cc(F)ccc3O2)cc1. The Kier molecular flexibility index (Phi) is 6.71. The molecular formula is C23H27FO6S. The van der Waals surface area contributed by atoms with Gasteiger partial charge >= 0.3 is 5.97 Å². The normalized spacial score (nSPS) is 17.4. The lowest BCUT2D eigenvalue weighted by molar-refractivity contribution is -0.157. The standard InChI is InChI=1S/C23H27FO6S/c1-15-5-9-18(10-6-15)31(26,27)30-21(14-28-22(25)23(2,3)4)20-11-7-16-13-17(24)8-12-19(16)29-20/h5-6,8-10,12-13,20-21H,7,11,14H2,1-4H3. The predicted molar refractivity (Wildman–Crippen MR) is 113 cm³/mol. The van der Waals surface area contributed by atoms with E-state index in [1.807, 2.05) is 6.92 Å². The van der Waals surface area contributed by atoms with Gasteiger partial charge in [0.05, 0.1) is 10.3 Å². The Labute approximate surface area is 182 Å². The van der Waals surface area contributed by atoms with Crippen molar-refractivity contribution in [3.63, 3.8) is 0 Å². The average molecular weight is 451 g/mol. The highest BCUT2D eigenvalue weighted by Crippen LogP contribution is 2.31. The summed E-state index contributed by atoms with van der Waals surface area (Å²) in [6.45, 7) is 6.67. The predicted octanol–water partition coefficient (Wildman–Crippen LogP) is 4.19. The minimum atomic E-state index is -4.12. The van der Waals surface area contributed by atoms with E-state index in [0.29, 0.717) is 24.2 Å². The van der Waals surface area contributed by atoms with Gasteiger partial charge in [-0.25, -0.2) is 4.39 Å². The zero-order chi connectivity index (χ0) is 22.8. The number of rotatable bonds is 6. The maximum absolute atomic E-state index is 13.5. The molecule has 0 amide bonds. The van der Waals surface area contributed by atoms with E-state index >= 15 is 0 Å². The maximum Gasteiger partial charge on any atom is 0.311 e.